The van der Waals surface area contributed by atoms with Crippen LogP contribution in [0.25, 0.3) is 0 Å². The fraction of sp³-hybridized carbons (Fsp3) is 0.625. The molecule has 0 aromatic carbocycles. The van der Waals surface area contributed by atoms with E-state index < -0.39 is 0 Å². The molecule has 0 aliphatic heterocycles. The molecule has 20 heavy (non-hydrogen) atoms. The Morgan fingerprint density at radius 1 is 1.35 bits per heavy atom. The van der Waals surface area contributed by atoms with Crippen LogP contribution in [0, 0.1) is 13.8 Å². The van der Waals surface area contributed by atoms with Crippen molar-refractivity contribution >= 4 is 5.97 Å². The summed E-state index contributed by atoms with van der Waals surface area (Å²) in [7, 11) is 0. The first-order valence-electron chi connectivity index (χ1n) is 7.31. The van der Waals surface area contributed by atoms with E-state index in [0.717, 1.165) is 31.4 Å². The lowest BCUT2D eigenvalue weighted by atomic mass is 9.97. The van der Waals surface area contributed by atoms with Crippen molar-refractivity contribution in [2.45, 2.75) is 58.9 Å². The van der Waals surface area contributed by atoms with E-state index in [2.05, 4.69) is 6.92 Å². The van der Waals surface area contributed by atoms with Gasteiger partial charge in [0.1, 0.15) is 0 Å². The van der Waals surface area contributed by atoms with Crippen molar-refractivity contribution in [2.75, 3.05) is 6.61 Å². The number of carbonyl (C=O) groups is 1. The molecule has 0 amide bonds. The van der Waals surface area contributed by atoms with Crippen LogP contribution in [-0.4, -0.2) is 17.1 Å². The van der Waals surface area contributed by atoms with Gasteiger partial charge in [0.15, 0.2) is 0 Å². The van der Waals surface area contributed by atoms with E-state index in [4.69, 9.17) is 4.74 Å². The minimum absolute atomic E-state index is 0.0163. The molecule has 1 heterocycles. The molecule has 4 nitrogen and oxygen atoms in total. The first-order chi connectivity index (χ1) is 9.40. The maximum absolute atomic E-state index is 12.4. The molecule has 0 spiro atoms. The van der Waals surface area contributed by atoms with Crippen molar-refractivity contribution in [2.24, 2.45) is 0 Å². The minimum Gasteiger partial charge on any atom is -0.462 e. The summed E-state index contributed by atoms with van der Waals surface area (Å²) in [6.45, 7) is 7.88. The lowest BCUT2D eigenvalue weighted by Crippen LogP contribution is -2.39. The second kappa shape index (κ2) is 5.43. The standard InChI is InChI=1S/C16H23NO3/c1-5-20-15(19)14-11(2)10-13(18)17(12(14)3)16(4)8-6-7-9-16/h10H,5-9H2,1-4H3. The molecule has 1 saturated carbocycles. The molecule has 1 fully saturated rings. The van der Waals surface area contributed by atoms with Crippen LogP contribution in [0.15, 0.2) is 10.9 Å². The number of esters is 1. The highest BCUT2D eigenvalue weighted by Gasteiger charge is 2.34. The van der Waals surface area contributed by atoms with Crippen molar-refractivity contribution in [3.8, 4) is 0 Å². The van der Waals surface area contributed by atoms with E-state index >= 15 is 0 Å². The van der Waals surface area contributed by atoms with Gasteiger partial charge in [-0.05, 0) is 46.1 Å². The number of aromatic nitrogens is 1. The van der Waals surface area contributed by atoms with E-state index in [0.29, 0.717) is 17.7 Å². The van der Waals surface area contributed by atoms with Crippen LogP contribution in [0.5, 0.6) is 0 Å². The summed E-state index contributed by atoms with van der Waals surface area (Å²) >= 11 is 0. The molecule has 0 atom stereocenters. The summed E-state index contributed by atoms with van der Waals surface area (Å²) in [5.41, 5.74) is 1.79. The van der Waals surface area contributed by atoms with E-state index in [9.17, 15) is 9.59 Å². The Balaban J connectivity index is 2.61. The second-order valence-corrected chi connectivity index (χ2v) is 5.89. The number of pyridine rings is 1. The molecule has 2 rings (SSSR count). The van der Waals surface area contributed by atoms with Crippen molar-refractivity contribution in [3.05, 3.63) is 33.2 Å². The molecule has 1 aliphatic carbocycles. The van der Waals surface area contributed by atoms with Gasteiger partial charge in [-0.2, -0.15) is 0 Å². The molecule has 0 saturated heterocycles. The molecule has 0 N–H and O–H groups in total. The van der Waals surface area contributed by atoms with E-state index in [-0.39, 0.29) is 17.1 Å². The van der Waals surface area contributed by atoms with Gasteiger partial charge in [-0.25, -0.2) is 4.79 Å². The third kappa shape index (κ3) is 2.39. The summed E-state index contributed by atoms with van der Waals surface area (Å²) in [5.74, 6) is -0.335. The zero-order chi connectivity index (χ0) is 14.9. The molecule has 1 aromatic rings. The van der Waals surface area contributed by atoms with Gasteiger partial charge in [-0.15, -0.1) is 0 Å². The monoisotopic (exact) mass is 277 g/mol. The first kappa shape index (κ1) is 14.8. The Hall–Kier alpha value is -1.58. The molecule has 0 bridgehead atoms. The smallest absolute Gasteiger partial charge is 0.340 e. The highest BCUT2D eigenvalue weighted by Crippen LogP contribution is 2.36. The Labute approximate surface area is 119 Å². The van der Waals surface area contributed by atoms with E-state index in [1.54, 1.807) is 24.5 Å². The molecule has 0 radical (unpaired) electrons. The minimum atomic E-state index is -0.335. The van der Waals surface area contributed by atoms with Crippen LogP contribution in [0.1, 0.15) is 61.1 Å². The number of aryl methyl sites for hydroxylation is 1. The third-order valence-electron chi connectivity index (χ3n) is 4.35. The summed E-state index contributed by atoms with van der Waals surface area (Å²) in [6, 6.07) is 1.56. The van der Waals surface area contributed by atoms with Crippen LogP contribution in [0.2, 0.25) is 0 Å². The van der Waals surface area contributed by atoms with Gasteiger partial charge in [0, 0.05) is 17.3 Å². The van der Waals surface area contributed by atoms with Crippen molar-refractivity contribution in [3.63, 3.8) is 0 Å². The van der Waals surface area contributed by atoms with Crippen LogP contribution in [0.3, 0.4) is 0 Å². The average Bonchev–Trinajstić information content (AvgIpc) is 2.76. The van der Waals surface area contributed by atoms with Gasteiger partial charge < -0.3 is 9.30 Å². The lowest BCUT2D eigenvalue weighted by molar-refractivity contribution is 0.0522. The fourth-order valence-electron chi connectivity index (χ4n) is 3.43. The third-order valence-corrected chi connectivity index (χ3v) is 4.35. The van der Waals surface area contributed by atoms with Crippen LogP contribution in [0.4, 0.5) is 0 Å². The van der Waals surface area contributed by atoms with Crippen LogP contribution < -0.4 is 5.56 Å². The topological polar surface area (TPSA) is 48.3 Å². The average molecular weight is 277 g/mol. The normalized spacial score (nSPS) is 17.2. The molecule has 110 valence electrons. The predicted molar refractivity (Wildman–Crippen MR) is 78.2 cm³/mol. The Morgan fingerprint density at radius 2 is 1.95 bits per heavy atom. The van der Waals surface area contributed by atoms with Gasteiger partial charge >= 0.3 is 5.97 Å². The molecule has 1 aromatic heterocycles. The Morgan fingerprint density at radius 3 is 2.50 bits per heavy atom. The van der Waals surface area contributed by atoms with Gasteiger partial charge in [0.05, 0.1) is 12.2 Å². The maximum Gasteiger partial charge on any atom is 0.340 e. The molecule has 1 aliphatic rings. The number of rotatable bonds is 3. The van der Waals surface area contributed by atoms with Gasteiger partial charge in [-0.3, -0.25) is 4.79 Å². The number of nitrogens with zero attached hydrogens (tertiary/aromatic N) is 1. The van der Waals surface area contributed by atoms with Crippen molar-refractivity contribution in [1.29, 1.82) is 0 Å². The number of ether oxygens (including phenoxy) is 1. The van der Waals surface area contributed by atoms with Crippen molar-refractivity contribution in [1.82, 2.24) is 4.57 Å². The summed E-state index contributed by atoms with van der Waals surface area (Å²) in [6.07, 6.45) is 4.23. The fourth-order valence-corrected chi connectivity index (χ4v) is 3.43. The zero-order valence-corrected chi connectivity index (χ0v) is 12.8. The highest BCUT2D eigenvalue weighted by atomic mass is 16.5. The number of hydrogen-bond donors (Lipinski definition) is 0. The SMILES string of the molecule is CCOC(=O)c1c(C)cc(=O)n(C2(C)CCCC2)c1C. The predicted octanol–water partition coefficient (Wildman–Crippen LogP) is 2.93. The molecule has 4 heteroatoms. The van der Waals surface area contributed by atoms with Gasteiger partial charge in [0.2, 0.25) is 0 Å². The second-order valence-electron chi connectivity index (χ2n) is 5.89. The Kier molecular flexibility index (Phi) is 4.02. The highest BCUT2D eigenvalue weighted by molar-refractivity contribution is 5.92. The summed E-state index contributed by atoms with van der Waals surface area (Å²) in [5, 5.41) is 0. The maximum atomic E-state index is 12.4. The van der Waals surface area contributed by atoms with E-state index in [1.165, 1.54) is 0 Å². The Bertz CT molecular complexity index is 580. The molecular formula is C16H23NO3. The van der Waals surface area contributed by atoms with Gasteiger partial charge in [-0.1, -0.05) is 12.8 Å². The van der Waals surface area contributed by atoms with Crippen molar-refractivity contribution < 1.29 is 9.53 Å². The quantitative estimate of drug-likeness (QED) is 0.798. The summed E-state index contributed by atoms with van der Waals surface area (Å²) in [4.78, 5) is 24.5. The molecule has 0 unspecified atom stereocenters. The molecular weight excluding hydrogens is 254 g/mol. The zero-order valence-electron chi connectivity index (χ0n) is 12.8. The lowest BCUT2D eigenvalue weighted by Gasteiger charge is -2.30. The van der Waals surface area contributed by atoms with Crippen LogP contribution >= 0.6 is 0 Å². The van der Waals surface area contributed by atoms with Crippen LogP contribution in [-0.2, 0) is 10.3 Å². The largest absolute Gasteiger partial charge is 0.462 e. The van der Waals surface area contributed by atoms with E-state index in [1.807, 2.05) is 6.92 Å². The number of hydrogen-bond acceptors (Lipinski definition) is 3. The first-order valence-corrected chi connectivity index (χ1v) is 7.31. The summed E-state index contributed by atoms with van der Waals surface area (Å²) < 4.78 is 6.93. The number of carbonyl (C=O) groups excluding carboxylic acids is 1. The van der Waals surface area contributed by atoms with Gasteiger partial charge in [0.25, 0.3) is 5.56 Å².